The minimum absolute atomic E-state index is 0.0202. The lowest BCUT2D eigenvalue weighted by molar-refractivity contribution is -0.117. The Morgan fingerprint density at radius 1 is 1.03 bits per heavy atom. The van der Waals surface area contributed by atoms with E-state index in [4.69, 9.17) is 14.0 Å². The molecule has 154 valence electrons. The van der Waals surface area contributed by atoms with Gasteiger partial charge in [-0.15, -0.1) is 0 Å². The number of anilines is 2. The summed E-state index contributed by atoms with van der Waals surface area (Å²) in [6.07, 6.45) is 0.329. The molecule has 0 aliphatic carbocycles. The van der Waals surface area contributed by atoms with Crippen LogP contribution in [-0.2, 0) is 4.79 Å². The molecular weight excluding hydrogens is 384 g/mol. The number of fused-ring (bicyclic) bond motifs is 1. The number of carbonyl (C=O) groups is 1. The second kappa shape index (κ2) is 7.37. The first-order valence-electron chi connectivity index (χ1n) is 9.90. The summed E-state index contributed by atoms with van der Waals surface area (Å²) in [4.78, 5) is 21.0. The largest absolute Gasteiger partial charge is 0.486 e. The van der Waals surface area contributed by atoms with Gasteiger partial charge in [0.25, 0.3) is 0 Å². The van der Waals surface area contributed by atoms with Crippen LogP contribution in [0.3, 0.4) is 0 Å². The van der Waals surface area contributed by atoms with Crippen molar-refractivity contribution in [3.63, 3.8) is 0 Å². The Morgan fingerprint density at radius 3 is 2.57 bits per heavy atom. The van der Waals surface area contributed by atoms with Crippen molar-refractivity contribution < 1.29 is 18.8 Å². The van der Waals surface area contributed by atoms with Crippen LogP contribution in [-0.4, -0.2) is 49.9 Å². The van der Waals surface area contributed by atoms with Gasteiger partial charge in [-0.25, -0.2) is 0 Å². The molecule has 8 nitrogen and oxygen atoms in total. The van der Waals surface area contributed by atoms with Crippen molar-refractivity contribution in [3.05, 3.63) is 48.4 Å². The van der Waals surface area contributed by atoms with E-state index >= 15 is 0 Å². The zero-order chi connectivity index (χ0) is 20.7. The second-order valence-corrected chi connectivity index (χ2v) is 7.63. The molecule has 8 heteroatoms. The molecule has 0 saturated carbocycles. The topological polar surface area (TPSA) is 80.9 Å². The van der Waals surface area contributed by atoms with Crippen molar-refractivity contribution in [2.24, 2.45) is 0 Å². The van der Waals surface area contributed by atoms with E-state index < -0.39 is 0 Å². The minimum Gasteiger partial charge on any atom is -0.486 e. The number of rotatable bonds is 4. The molecule has 1 atom stereocenters. The Hall–Kier alpha value is -3.55. The van der Waals surface area contributed by atoms with Crippen molar-refractivity contribution in [2.75, 3.05) is 43.7 Å². The lowest BCUT2D eigenvalue weighted by Gasteiger charge is -2.22. The number of carbonyl (C=O) groups excluding carboxylic acids is 1. The predicted molar refractivity (Wildman–Crippen MR) is 111 cm³/mol. The number of nitrogens with zero attached hydrogens (tertiary/aromatic N) is 4. The highest BCUT2D eigenvalue weighted by Gasteiger charge is 2.35. The Balaban J connectivity index is 1.33. The first-order chi connectivity index (χ1) is 14.6. The lowest BCUT2D eigenvalue weighted by Crippen LogP contribution is -2.24. The molecule has 3 heterocycles. The quantitative estimate of drug-likeness (QED) is 0.659. The molecule has 30 heavy (non-hydrogen) atoms. The van der Waals surface area contributed by atoms with Gasteiger partial charge in [-0.2, -0.15) is 4.98 Å². The third-order valence-corrected chi connectivity index (χ3v) is 5.40. The standard InChI is InChI=1S/C22H22N4O4/c1-25(2)16-5-3-14(4-6-16)21-23-22(30-24-21)15-11-20(27)26(13-15)17-7-8-18-19(12-17)29-10-9-28-18/h3-8,12,15H,9-11,13H2,1-2H3/t15-/m1/s1. The molecule has 0 spiro atoms. The number of hydrogen-bond donors (Lipinski definition) is 0. The summed E-state index contributed by atoms with van der Waals surface area (Å²) in [5.74, 6) is 2.25. The highest BCUT2D eigenvalue weighted by atomic mass is 16.6. The maximum atomic E-state index is 12.7. The van der Waals surface area contributed by atoms with Crippen LogP contribution in [0.1, 0.15) is 18.2 Å². The predicted octanol–water partition coefficient (Wildman–Crippen LogP) is 3.09. The molecule has 3 aromatic rings. The molecule has 0 radical (unpaired) electrons. The first-order valence-corrected chi connectivity index (χ1v) is 9.90. The van der Waals surface area contributed by atoms with E-state index in [-0.39, 0.29) is 11.8 Å². The van der Waals surface area contributed by atoms with Crippen LogP contribution in [0.5, 0.6) is 11.5 Å². The lowest BCUT2D eigenvalue weighted by atomic mass is 10.1. The second-order valence-electron chi connectivity index (χ2n) is 7.63. The number of aromatic nitrogens is 2. The summed E-state index contributed by atoms with van der Waals surface area (Å²) in [6, 6.07) is 13.5. The monoisotopic (exact) mass is 406 g/mol. The van der Waals surface area contributed by atoms with E-state index in [1.807, 2.05) is 61.5 Å². The molecule has 0 N–H and O–H groups in total. The Labute approximate surface area is 174 Å². The van der Waals surface area contributed by atoms with Gasteiger partial charge in [-0.1, -0.05) is 5.16 Å². The summed E-state index contributed by atoms with van der Waals surface area (Å²) < 4.78 is 16.7. The van der Waals surface area contributed by atoms with Gasteiger partial charge in [0.1, 0.15) is 13.2 Å². The van der Waals surface area contributed by atoms with E-state index in [0.717, 1.165) is 16.9 Å². The number of ether oxygens (including phenoxy) is 2. The molecule has 2 aliphatic heterocycles. The van der Waals surface area contributed by atoms with Gasteiger partial charge in [-0.05, 0) is 36.4 Å². The summed E-state index contributed by atoms with van der Waals surface area (Å²) in [5, 5.41) is 4.12. The van der Waals surface area contributed by atoms with E-state index in [9.17, 15) is 4.79 Å². The minimum atomic E-state index is -0.145. The zero-order valence-corrected chi connectivity index (χ0v) is 16.9. The smallest absolute Gasteiger partial charge is 0.232 e. The molecule has 0 unspecified atom stereocenters. The van der Waals surface area contributed by atoms with Gasteiger partial charge in [0.2, 0.25) is 17.6 Å². The molecule has 2 aliphatic rings. The highest BCUT2D eigenvalue weighted by Crippen LogP contribution is 2.37. The van der Waals surface area contributed by atoms with Gasteiger partial charge < -0.3 is 23.8 Å². The zero-order valence-electron chi connectivity index (χ0n) is 16.9. The van der Waals surface area contributed by atoms with Crippen LogP contribution in [0.15, 0.2) is 47.0 Å². The van der Waals surface area contributed by atoms with Crippen molar-refractivity contribution >= 4 is 17.3 Å². The Bertz CT molecular complexity index is 1080. The van der Waals surface area contributed by atoms with Crippen LogP contribution in [0.25, 0.3) is 11.4 Å². The summed E-state index contributed by atoms with van der Waals surface area (Å²) in [7, 11) is 3.98. The van der Waals surface area contributed by atoms with Crippen LogP contribution in [0.4, 0.5) is 11.4 Å². The molecule has 5 rings (SSSR count). The Kier molecular flexibility index (Phi) is 4.54. The van der Waals surface area contributed by atoms with Crippen molar-refractivity contribution in [1.29, 1.82) is 0 Å². The van der Waals surface area contributed by atoms with Crippen molar-refractivity contribution in [2.45, 2.75) is 12.3 Å². The number of amides is 1. The van der Waals surface area contributed by atoms with Crippen molar-refractivity contribution in [1.82, 2.24) is 10.1 Å². The normalized spacial score (nSPS) is 18.0. The fourth-order valence-corrected chi connectivity index (χ4v) is 3.75. The van der Waals surface area contributed by atoms with Gasteiger partial charge >= 0.3 is 0 Å². The molecule has 1 aromatic heterocycles. The molecule has 1 fully saturated rings. The van der Waals surface area contributed by atoms with Gasteiger partial charge in [0.15, 0.2) is 11.5 Å². The first kappa shape index (κ1) is 18.5. The summed E-state index contributed by atoms with van der Waals surface area (Å²) >= 11 is 0. The Morgan fingerprint density at radius 2 is 1.80 bits per heavy atom. The fourth-order valence-electron chi connectivity index (χ4n) is 3.75. The highest BCUT2D eigenvalue weighted by molar-refractivity contribution is 5.96. The molecule has 2 aromatic carbocycles. The van der Waals surface area contributed by atoms with Crippen LogP contribution in [0, 0.1) is 0 Å². The van der Waals surface area contributed by atoms with E-state index in [1.165, 1.54) is 0 Å². The molecular formula is C22H22N4O4. The molecule has 1 saturated heterocycles. The maximum absolute atomic E-state index is 12.7. The van der Waals surface area contributed by atoms with Gasteiger partial charge in [0.05, 0.1) is 5.92 Å². The van der Waals surface area contributed by atoms with Crippen LogP contribution in [0.2, 0.25) is 0 Å². The summed E-state index contributed by atoms with van der Waals surface area (Å²) in [6.45, 7) is 1.53. The van der Waals surface area contributed by atoms with E-state index in [2.05, 4.69) is 10.1 Å². The van der Waals surface area contributed by atoms with E-state index in [0.29, 0.717) is 49.4 Å². The van der Waals surface area contributed by atoms with Gasteiger partial charge in [-0.3, -0.25) is 4.79 Å². The average Bonchev–Trinajstić information content (AvgIpc) is 3.40. The number of benzene rings is 2. The SMILES string of the molecule is CN(C)c1ccc(-c2noc([C@@H]3CC(=O)N(c4ccc5c(c4)OCCO5)C3)n2)cc1. The summed E-state index contributed by atoms with van der Waals surface area (Å²) in [5.41, 5.74) is 2.76. The molecule has 1 amide bonds. The van der Waals surface area contributed by atoms with E-state index in [1.54, 1.807) is 4.90 Å². The van der Waals surface area contributed by atoms with Crippen LogP contribution < -0.4 is 19.3 Å². The third-order valence-electron chi connectivity index (χ3n) is 5.40. The average molecular weight is 406 g/mol. The van der Waals surface area contributed by atoms with Gasteiger partial charge in [0, 0.05) is 50.1 Å². The van der Waals surface area contributed by atoms with Crippen molar-refractivity contribution in [3.8, 4) is 22.9 Å². The fraction of sp³-hybridized carbons (Fsp3) is 0.318. The molecule has 0 bridgehead atoms. The third kappa shape index (κ3) is 3.34. The maximum Gasteiger partial charge on any atom is 0.232 e. The number of hydrogen-bond acceptors (Lipinski definition) is 7. The van der Waals surface area contributed by atoms with Crippen LogP contribution >= 0.6 is 0 Å².